The molecule has 13 nitrogen and oxygen atoms in total. The number of ether oxygens (including phenoxy) is 4. The van der Waals surface area contributed by atoms with E-state index >= 15 is 0 Å². The van der Waals surface area contributed by atoms with Gasteiger partial charge in [-0.3, -0.25) is 4.79 Å². The monoisotopic (exact) mass is 485 g/mol. The molecule has 8 N–H and O–H groups in total. The molecular formula is C18H31NO12S. The van der Waals surface area contributed by atoms with Crippen molar-refractivity contribution in [2.24, 2.45) is 0 Å². The van der Waals surface area contributed by atoms with E-state index in [0.29, 0.717) is 0 Å². The van der Waals surface area contributed by atoms with Crippen molar-refractivity contribution >= 4 is 17.7 Å². The second kappa shape index (κ2) is 13.1. The highest BCUT2D eigenvalue weighted by molar-refractivity contribution is 8.01. The summed E-state index contributed by atoms with van der Waals surface area (Å²) in [5.74, 6) is -0.347. The van der Waals surface area contributed by atoms with Crippen LogP contribution in [0.2, 0.25) is 0 Å². The minimum Gasteiger partial charge on any atom is -0.394 e. The number of hydrogen-bond donors (Lipinski definition) is 8. The summed E-state index contributed by atoms with van der Waals surface area (Å²) in [6.45, 7) is -1.35. The van der Waals surface area contributed by atoms with Crippen LogP contribution >= 0.6 is 11.8 Å². The lowest BCUT2D eigenvalue weighted by Gasteiger charge is -2.45. The van der Waals surface area contributed by atoms with Crippen LogP contribution in [0.15, 0.2) is 11.5 Å². The molecule has 1 amide bonds. The smallest absolute Gasteiger partial charge is 0.244 e. The van der Waals surface area contributed by atoms with Gasteiger partial charge in [0.1, 0.15) is 48.8 Å². The Kier molecular flexibility index (Phi) is 11.2. The van der Waals surface area contributed by atoms with E-state index in [-0.39, 0.29) is 19.1 Å². The molecule has 0 aromatic carbocycles. The minimum absolute atomic E-state index is 0.0781. The fourth-order valence-electron chi connectivity index (χ4n) is 3.22. The Bertz CT molecular complexity index is 611. The van der Waals surface area contributed by atoms with Gasteiger partial charge in [0, 0.05) is 12.6 Å². The Balaban J connectivity index is 1.99. The van der Waals surface area contributed by atoms with Gasteiger partial charge in [0.25, 0.3) is 0 Å². The van der Waals surface area contributed by atoms with Gasteiger partial charge in [0.05, 0.1) is 19.8 Å². The highest BCUT2D eigenvalue weighted by atomic mass is 32.2. The van der Waals surface area contributed by atoms with Crippen LogP contribution in [0.5, 0.6) is 0 Å². The molecule has 2 rings (SSSR count). The molecule has 2 saturated heterocycles. The van der Waals surface area contributed by atoms with Crippen molar-refractivity contribution in [2.45, 2.75) is 61.4 Å². The van der Waals surface area contributed by atoms with Crippen molar-refractivity contribution in [3.05, 3.63) is 11.5 Å². The van der Waals surface area contributed by atoms with Gasteiger partial charge in [-0.15, -0.1) is 11.8 Å². The lowest BCUT2D eigenvalue weighted by Crippen LogP contribution is -2.64. The highest BCUT2D eigenvalue weighted by Crippen LogP contribution is 2.29. The molecule has 2 fully saturated rings. The molecule has 0 spiro atoms. The maximum atomic E-state index is 11.5. The number of rotatable bonds is 10. The topological polar surface area (TPSA) is 208 Å². The second-order valence-corrected chi connectivity index (χ2v) is 7.95. The van der Waals surface area contributed by atoms with Crippen LogP contribution in [0.3, 0.4) is 0 Å². The Morgan fingerprint density at radius 1 is 0.938 bits per heavy atom. The van der Waals surface area contributed by atoms with Crippen LogP contribution in [0.1, 0.15) is 0 Å². The molecule has 32 heavy (non-hydrogen) atoms. The summed E-state index contributed by atoms with van der Waals surface area (Å²) in [6.07, 6.45) is -12.1. The molecule has 0 saturated carbocycles. The predicted molar refractivity (Wildman–Crippen MR) is 108 cm³/mol. The fraction of sp³-hybridized carbons (Fsp3) is 0.833. The van der Waals surface area contributed by atoms with Crippen LogP contribution in [-0.4, -0.2) is 136 Å². The zero-order chi connectivity index (χ0) is 23.8. The summed E-state index contributed by atoms with van der Waals surface area (Å²) < 4.78 is 21.5. The molecule has 0 aromatic rings. The quantitative estimate of drug-likeness (QED) is 0.109. The number of nitrogens with one attached hydrogen (secondary N) is 1. The number of amides is 1. The lowest BCUT2D eigenvalue weighted by atomic mass is 9.97. The average Bonchev–Trinajstić information content (AvgIpc) is 2.79. The van der Waals surface area contributed by atoms with Crippen LogP contribution in [0.4, 0.5) is 0 Å². The van der Waals surface area contributed by atoms with Crippen LogP contribution in [-0.2, 0) is 23.7 Å². The van der Waals surface area contributed by atoms with Gasteiger partial charge < -0.3 is 60.0 Å². The molecule has 0 radical (unpaired) electrons. The van der Waals surface area contributed by atoms with Crippen LogP contribution in [0, 0.1) is 0 Å². The second-order valence-electron chi connectivity index (χ2n) is 7.20. The van der Waals surface area contributed by atoms with Crippen molar-refractivity contribution in [2.75, 3.05) is 32.6 Å². The third-order valence-corrected chi connectivity index (χ3v) is 5.41. The summed E-state index contributed by atoms with van der Waals surface area (Å²) in [5.41, 5.74) is 0. The predicted octanol–water partition coefficient (Wildman–Crippen LogP) is -4.38. The number of thioether (sulfide) groups is 1. The van der Waals surface area contributed by atoms with E-state index < -0.39 is 74.6 Å². The van der Waals surface area contributed by atoms with E-state index in [4.69, 9.17) is 18.9 Å². The lowest BCUT2D eigenvalue weighted by molar-refractivity contribution is -0.360. The van der Waals surface area contributed by atoms with Crippen molar-refractivity contribution in [1.29, 1.82) is 0 Å². The first kappa shape index (κ1) is 27.4. The van der Waals surface area contributed by atoms with Gasteiger partial charge in [-0.1, -0.05) is 0 Å². The first-order chi connectivity index (χ1) is 15.2. The summed E-state index contributed by atoms with van der Waals surface area (Å²) >= 11 is 1.35. The maximum absolute atomic E-state index is 11.5. The summed E-state index contributed by atoms with van der Waals surface area (Å²) in [4.78, 5) is 11.5. The van der Waals surface area contributed by atoms with E-state index in [2.05, 4.69) is 5.32 Å². The first-order valence-electron chi connectivity index (χ1n) is 9.92. The molecule has 0 bridgehead atoms. The number of aliphatic hydroxyl groups excluding tert-OH is 7. The summed E-state index contributed by atoms with van der Waals surface area (Å²) in [7, 11) is 0. The van der Waals surface area contributed by atoms with Crippen LogP contribution < -0.4 is 5.32 Å². The third-order valence-electron chi connectivity index (χ3n) is 5.00. The van der Waals surface area contributed by atoms with Crippen molar-refractivity contribution in [3.63, 3.8) is 0 Å². The highest BCUT2D eigenvalue weighted by Gasteiger charge is 2.50. The summed E-state index contributed by atoms with van der Waals surface area (Å²) in [6, 6.07) is 0. The molecule has 10 atom stereocenters. The molecule has 14 heteroatoms. The Morgan fingerprint density at radius 3 is 2.19 bits per heavy atom. The van der Waals surface area contributed by atoms with E-state index in [1.165, 1.54) is 17.8 Å². The standard InChI is InChI=1S/C18H31NO12S/c1-32-5-2-10(22)19-3-4-28-17-15(27)16(12(24)9(7-21)29-17)31-18-14(26)13(25)11(23)8(6-20)30-18/h2,5,8-9,11-18,20-21,23-27H,3-4,6-7H2,1H3,(H,19,22)/b5-2+/t8-,9-,11-,12-,13+,14-,15-,16+,17-,18+/m1/s1. The van der Waals surface area contributed by atoms with Gasteiger partial charge in [-0.2, -0.15) is 0 Å². The third kappa shape index (κ3) is 6.82. The fourth-order valence-corrected chi connectivity index (χ4v) is 3.48. The largest absolute Gasteiger partial charge is 0.394 e. The number of carbonyl (C=O) groups excluding carboxylic acids is 1. The zero-order valence-electron chi connectivity index (χ0n) is 17.3. The molecule has 2 aliphatic rings. The van der Waals surface area contributed by atoms with E-state index in [0.717, 1.165) is 0 Å². The number of hydrogen-bond acceptors (Lipinski definition) is 13. The zero-order valence-corrected chi connectivity index (χ0v) is 18.2. The van der Waals surface area contributed by atoms with Gasteiger partial charge >= 0.3 is 0 Å². The number of aliphatic hydroxyl groups is 7. The molecular weight excluding hydrogens is 454 g/mol. The van der Waals surface area contributed by atoms with Gasteiger partial charge in [0.2, 0.25) is 5.91 Å². The van der Waals surface area contributed by atoms with Crippen molar-refractivity contribution < 1.29 is 59.5 Å². The van der Waals surface area contributed by atoms with Crippen LogP contribution in [0.25, 0.3) is 0 Å². The normalized spacial score (nSPS) is 40.5. The molecule has 2 aliphatic heterocycles. The summed E-state index contributed by atoms with van der Waals surface area (Å²) in [5, 5.41) is 73.8. The Morgan fingerprint density at radius 2 is 1.56 bits per heavy atom. The molecule has 0 aliphatic carbocycles. The first-order valence-corrected chi connectivity index (χ1v) is 11.2. The maximum Gasteiger partial charge on any atom is 0.244 e. The van der Waals surface area contributed by atoms with Gasteiger partial charge in [0.15, 0.2) is 12.6 Å². The Hall–Kier alpha value is -0.880. The number of carbonyl (C=O) groups is 1. The van der Waals surface area contributed by atoms with E-state index in [9.17, 15) is 40.5 Å². The van der Waals surface area contributed by atoms with Gasteiger partial charge in [-0.25, -0.2) is 0 Å². The molecule has 2 heterocycles. The average molecular weight is 486 g/mol. The van der Waals surface area contributed by atoms with Crippen molar-refractivity contribution in [1.82, 2.24) is 5.32 Å². The molecule has 0 aromatic heterocycles. The van der Waals surface area contributed by atoms with E-state index in [1.807, 2.05) is 0 Å². The SMILES string of the molecule is CS/C=C/C(=O)NCCO[C@@H]1O[C@H](CO)[C@@H](O)[C@H](O[C@@H]2O[C@H](CO)[C@@H](O)[C@H](O)[C@H]2O)[C@H]1O. The van der Waals surface area contributed by atoms with Crippen molar-refractivity contribution in [3.8, 4) is 0 Å². The Labute approximate surface area is 188 Å². The molecule has 186 valence electrons. The van der Waals surface area contributed by atoms with E-state index in [1.54, 1.807) is 11.7 Å². The molecule has 0 unspecified atom stereocenters. The minimum atomic E-state index is -1.76. The van der Waals surface area contributed by atoms with Gasteiger partial charge in [-0.05, 0) is 11.7 Å².